The number of hydrogen-bond acceptors (Lipinski definition) is 4. The third-order valence-corrected chi connectivity index (χ3v) is 5.80. The molecule has 3 nitrogen and oxygen atoms in total. The van der Waals surface area contributed by atoms with E-state index in [0.29, 0.717) is 0 Å². The Kier molecular flexibility index (Phi) is 7.17. The second-order valence-corrected chi connectivity index (χ2v) is 7.39. The highest BCUT2D eigenvalue weighted by Crippen LogP contribution is 2.30. The van der Waals surface area contributed by atoms with Crippen molar-refractivity contribution in [1.29, 1.82) is 0 Å². The van der Waals surface area contributed by atoms with Gasteiger partial charge in [-0.15, -0.1) is 0 Å². The Morgan fingerprint density at radius 2 is 2.14 bits per heavy atom. The Hall–Kier alpha value is -0.420. The molecule has 118 valence electrons. The summed E-state index contributed by atoms with van der Waals surface area (Å²) in [6.07, 6.45) is 7.68. The van der Waals surface area contributed by atoms with Crippen molar-refractivity contribution in [2.24, 2.45) is 5.84 Å². The summed E-state index contributed by atoms with van der Waals surface area (Å²) in [5, 5.41) is 1.54. The van der Waals surface area contributed by atoms with Gasteiger partial charge >= 0.3 is 0 Å². The van der Waals surface area contributed by atoms with E-state index in [1.165, 1.54) is 32.1 Å². The van der Waals surface area contributed by atoms with Crippen LogP contribution in [0.4, 0.5) is 0 Å². The Labute approximate surface area is 136 Å². The van der Waals surface area contributed by atoms with E-state index in [1.807, 2.05) is 18.2 Å². The predicted octanol–water partition coefficient (Wildman–Crippen LogP) is 3.79. The van der Waals surface area contributed by atoms with Crippen molar-refractivity contribution in [1.82, 2.24) is 5.43 Å². The number of ether oxygens (including phenoxy) is 1. The number of nitrogens with two attached hydrogens (primary N) is 1. The molecule has 1 unspecified atom stereocenters. The fourth-order valence-corrected chi connectivity index (χ4v) is 4.40. The van der Waals surface area contributed by atoms with Gasteiger partial charge in [0.15, 0.2) is 0 Å². The van der Waals surface area contributed by atoms with Crippen LogP contribution in [0.3, 0.4) is 0 Å². The molecule has 1 atom stereocenters. The van der Waals surface area contributed by atoms with Crippen LogP contribution in [0.5, 0.6) is 5.75 Å². The number of benzene rings is 1. The molecule has 0 aliphatic heterocycles. The number of halogens is 1. The second kappa shape index (κ2) is 8.89. The molecule has 1 aromatic rings. The van der Waals surface area contributed by atoms with Crippen LogP contribution in [0, 0.1) is 0 Å². The average molecular weight is 329 g/mol. The molecule has 0 bridgehead atoms. The highest BCUT2D eigenvalue weighted by molar-refractivity contribution is 7.99. The molecule has 21 heavy (non-hydrogen) atoms. The van der Waals surface area contributed by atoms with Crippen LogP contribution in [0.25, 0.3) is 0 Å². The van der Waals surface area contributed by atoms with Crippen molar-refractivity contribution in [2.45, 2.75) is 49.8 Å². The van der Waals surface area contributed by atoms with Gasteiger partial charge in [0.2, 0.25) is 0 Å². The van der Waals surface area contributed by atoms with Gasteiger partial charge < -0.3 is 4.74 Å². The van der Waals surface area contributed by atoms with Gasteiger partial charge in [0.05, 0.1) is 7.11 Å². The predicted molar refractivity (Wildman–Crippen MR) is 92.2 cm³/mol. The molecule has 1 aliphatic carbocycles. The van der Waals surface area contributed by atoms with E-state index in [0.717, 1.165) is 33.8 Å². The van der Waals surface area contributed by atoms with Gasteiger partial charge in [0.1, 0.15) is 5.75 Å². The first-order valence-electron chi connectivity index (χ1n) is 7.63. The van der Waals surface area contributed by atoms with E-state index >= 15 is 0 Å². The zero-order valence-electron chi connectivity index (χ0n) is 12.6. The lowest BCUT2D eigenvalue weighted by molar-refractivity contribution is 0.406. The van der Waals surface area contributed by atoms with Crippen molar-refractivity contribution in [3.05, 3.63) is 28.8 Å². The Morgan fingerprint density at radius 3 is 2.81 bits per heavy atom. The summed E-state index contributed by atoms with van der Waals surface area (Å²) < 4.78 is 5.41. The molecular weight excluding hydrogens is 304 g/mol. The van der Waals surface area contributed by atoms with Gasteiger partial charge in [-0.05, 0) is 43.0 Å². The maximum absolute atomic E-state index is 6.09. The summed E-state index contributed by atoms with van der Waals surface area (Å²) in [4.78, 5) is 0. The largest absolute Gasteiger partial charge is 0.496 e. The molecule has 1 fully saturated rings. The maximum atomic E-state index is 6.09. The molecule has 1 aromatic carbocycles. The highest BCUT2D eigenvalue weighted by Gasteiger charge is 2.17. The first-order chi connectivity index (χ1) is 10.2. The molecule has 3 N–H and O–H groups in total. The number of rotatable bonds is 7. The van der Waals surface area contributed by atoms with Gasteiger partial charge in [0.25, 0.3) is 0 Å². The van der Waals surface area contributed by atoms with E-state index in [-0.39, 0.29) is 6.04 Å². The lowest BCUT2D eigenvalue weighted by atomic mass is 10.0. The number of hydrogen-bond donors (Lipinski definition) is 2. The zero-order chi connectivity index (χ0) is 15.1. The molecule has 5 heteroatoms. The monoisotopic (exact) mass is 328 g/mol. The van der Waals surface area contributed by atoms with Crippen molar-refractivity contribution in [3.8, 4) is 5.75 Å². The van der Waals surface area contributed by atoms with E-state index in [9.17, 15) is 0 Å². The summed E-state index contributed by atoms with van der Waals surface area (Å²) in [7, 11) is 1.69. The highest BCUT2D eigenvalue weighted by atomic mass is 35.5. The first kappa shape index (κ1) is 16.9. The van der Waals surface area contributed by atoms with Crippen LogP contribution in [-0.2, 0) is 6.42 Å². The summed E-state index contributed by atoms with van der Waals surface area (Å²) in [6, 6.07) is 5.98. The van der Waals surface area contributed by atoms with Crippen LogP contribution >= 0.6 is 23.4 Å². The molecule has 0 radical (unpaired) electrons. The van der Waals surface area contributed by atoms with Crippen LogP contribution < -0.4 is 16.0 Å². The van der Waals surface area contributed by atoms with E-state index < -0.39 is 0 Å². The zero-order valence-corrected chi connectivity index (χ0v) is 14.2. The van der Waals surface area contributed by atoms with Crippen LogP contribution in [0.1, 0.15) is 37.7 Å². The Morgan fingerprint density at radius 1 is 1.38 bits per heavy atom. The van der Waals surface area contributed by atoms with Crippen molar-refractivity contribution in [2.75, 3.05) is 12.9 Å². The second-order valence-electron chi connectivity index (χ2n) is 5.62. The third-order valence-electron chi connectivity index (χ3n) is 4.03. The standard InChI is InChI=1S/C16H25ClN2OS/c1-20-16-8-7-13(17)9-12(16)10-14(19-18)11-21-15-5-3-2-4-6-15/h7-9,14-15,19H,2-6,10-11,18H2,1H3. The van der Waals surface area contributed by atoms with E-state index in [2.05, 4.69) is 17.2 Å². The summed E-state index contributed by atoms with van der Waals surface area (Å²) in [5.41, 5.74) is 4.05. The molecule has 0 aromatic heterocycles. The minimum Gasteiger partial charge on any atom is -0.496 e. The van der Waals surface area contributed by atoms with Gasteiger partial charge in [-0.1, -0.05) is 30.9 Å². The summed E-state index contributed by atoms with van der Waals surface area (Å²) >= 11 is 8.14. The van der Waals surface area contributed by atoms with E-state index in [4.69, 9.17) is 22.2 Å². The van der Waals surface area contributed by atoms with Gasteiger partial charge in [0, 0.05) is 22.1 Å². The molecule has 1 saturated carbocycles. The molecule has 1 aliphatic rings. The first-order valence-corrected chi connectivity index (χ1v) is 9.05. The molecule has 0 heterocycles. The number of methoxy groups -OCH3 is 1. The van der Waals surface area contributed by atoms with Crippen LogP contribution in [0.2, 0.25) is 5.02 Å². The molecule has 2 rings (SSSR count). The topological polar surface area (TPSA) is 47.3 Å². The van der Waals surface area contributed by atoms with Crippen LogP contribution in [0.15, 0.2) is 18.2 Å². The minimum absolute atomic E-state index is 0.240. The van der Waals surface area contributed by atoms with Crippen LogP contribution in [-0.4, -0.2) is 24.2 Å². The lowest BCUT2D eigenvalue weighted by Gasteiger charge is -2.24. The van der Waals surface area contributed by atoms with Gasteiger partial charge in [-0.3, -0.25) is 11.3 Å². The minimum atomic E-state index is 0.240. The maximum Gasteiger partial charge on any atom is 0.122 e. The smallest absolute Gasteiger partial charge is 0.122 e. The fraction of sp³-hybridized carbons (Fsp3) is 0.625. The normalized spacial score (nSPS) is 17.7. The van der Waals surface area contributed by atoms with Gasteiger partial charge in [-0.25, -0.2) is 0 Å². The van der Waals surface area contributed by atoms with Crippen molar-refractivity contribution in [3.63, 3.8) is 0 Å². The summed E-state index contributed by atoms with van der Waals surface area (Å²) in [6.45, 7) is 0. The number of thioether (sulfide) groups is 1. The van der Waals surface area contributed by atoms with Crippen molar-refractivity contribution < 1.29 is 4.74 Å². The Bertz CT molecular complexity index is 438. The molecular formula is C16H25ClN2OS. The number of nitrogens with one attached hydrogen (secondary N) is 1. The molecule has 0 saturated heterocycles. The number of hydrazine groups is 1. The van der Waals surface area contributed by atoms with E-state index in [1.54, 1.807) is 7.11 Å². The average Bonchev–Trinajstić information content (AvgIpc) is 2.52. The molecule has 0 amide bonds. The Balaban J connectivity index is 1.90. The van der Waals surface area contributed by atoms with Crippen molar-refractivity contribution >= 4 is 23.4 Å². The third kappa shape index (κ3) is 5.37. The SMILES string of the molecule is COc1ccc(Cl)cc1CC(CSC1CCCCC1)NN. The van der Waals surface area contributed by atoms with Gasteiger partial charge in [-0.2, -0.15) is 11.8 Å². The molecule has 0 spiro atoms. The lowest BCUT2D eigenvalue weighted by Crippen LogP contribution is -2.39. The quantitative estimate of drug-likeness (QED) is 0.590. The summed E-state index contributed by atoms with van der Waals surface area (Å²) in [5.74, 6) is 7.63. The fourth-order valence-electron chi connectivity index (χ4n) is 2.82.